The van der Waals surface area contributed by atoms with Gasteiger partial charge in [0.15, 0.2) is 9.84 Å². The summed E-state index contributed by atoms with van der Waals surface area (Å²) in [7, 11) is -3.09. The molecule has 2 atom stereocenters. The van der Waals surface area contributed by atoms with Crippen LogP contribution < -0.4 is 16.0 Å². The summed E-state index contributed by atoms with van der Waals surface area (Å²) in [4.78, 5) is 24.5. The van der Waals surface area contributed by atoms with E-state index in [9.17, 15) is 23.1 Å². The highest BCUT2D eigenvalue weighted by atomic mass is 32.2. The molecule has 0 spiro atoms. The number of rotatable bonds is 5. The topological polar surface area (TPSA) is 125 Å². The number of carbonyl (C=O) groups is 2. The van der Waals surface area contributed by atoms with Gasteiger partial charge >= 0.3 is 6.03 Å². The van der Waals surface area contributed by atoms with Crippen LogP contribution in [0.4, 0.5) is 10.5 Å². The normalized spacial score (nSPS) is 20.0. The van der Waals surface area contributed by atoms with Crippen LogP contribution in [-0.4, -0.2) is 49.1 Å². The molecule has 1 aromatic carbocycles. The van der Waals surface area contributed by atoms with Crippen molar-refractivity contribution in [2.75, 3.05) is 16.8 Å². The summed E-state index contributed by atoms with van der Waals surface area (Å²) in [6.07, 6.45) is 0.373. The molecule has 3 amide bonds. The van der Waals surface area contributed by atoms with Gasteiger partial charge in [0, 0.05) is 17.8 Å². The minimum Gasteiger partial charge on any atom is -0.508 e. The Morgan fingerprint density at radius 2 is 2.00 bits per heavy atom. The van der Waals surface area contributed by atoms with Crippen molar-refractivity contribution in [2.24, 2.45) is 5.92 Å². The van der Waals surface area contributed by atoms with Gasteiger partial charge in [-0.3, -0.25) is 4.79 Å². The van der Waals surface area contributed by atoms with E-state index >= 15 is 0 Å². The third kappa shape index (κ3) is 5.63. The van der Waals surface area contributed by atoms with E-state index in [4.69, 9.17) is 0 Å². The number of hydrogen-bond acceptors (Lipinski definition) is 5. The molecule has 1 aliphatic rings. The van der Waals surface area contributed by atoms with Gasteiger partial charge in [0.25, 0.3) is 0 Å². The van der Waals surface area contributed by atoms with Gasteiger partial charge in [-0.1, -0.05) is 19.9 Å². The molecule has 0 aromatic heterocycles. The molecule has 8 nitrogen and oxygen atoms in total. The fraction of sp³-hybridized carbons (Fsp3) is 0.500. The molecule has 0 radical (unpaired) electrons. The van der Waals surface area contributed by atoms with Crippen molar-refractivity contribution >= 4 is 27.5 Å². The summed E-state index contributed by atoms with van der Waals surface area (Å²) in [5, 5.41) is 17.3. The Labute approximate surface area is 146 Å². The fourth-order valence-electron chi connectivity index (χ4n) is 2.62. The van der Waals surface area contributed by atoms with Crippen LogP contribution in [0.2, 0.25) is 0 Å². The lowest BCUT2D eigenvalue weighted by molar-refractivity contribution is -0.118. The highest BCUT2D eigenvalue weighted by molar-refractivity contribution is 7.91. The van der Waals surface area contributed by atoms with Gasteiger partial charge in [0.1, 0.15) is 11.8 Å². The standard InChI is InChI=1S/C16H23N3O5S/c1-10(2)14(15(21)17-11-4-3-5-13(20)8-11)19-16(22)18-12-6-7-25(23,24)9-12/h3-5,8,10,12,14,20H,6-7,9H2,1-2H3,(H,17,21)(H2,18,19,22)/t12?,14-/m0/s1. The molecule has 0 saturated carbocycles. The van der Waals surface area contributed by atoms with Crippen LogP contribution >= 0.6 is 0 Å². The second-order valence-corrected chi connectivity index (χ2v) is 8.71. The zero-order valence-electron chi connectivity index (χ0n) is 14.2. The number of sulfone groups is 1. The van der Waals surface area contributed by atoms with Crippen LogP contribution in [0.15, 0.2) is 24.3 Å². The summed E-state index contributed by atoms with van der Waals surface area (Å²) in [5.41, 5.74) is 0.416. The smallest absolute Gasteiger partial charge is 0.315 e. The SMILES string of the molecule is CC(C)[C@H](NC(=O)NC1CCS(=O)(=O)C1)C(=O)Nc1cccc(O)c1. The van der Waals surface area contributed by atoms with E-state index in [2.05, 4.69) is 16.0 Å². The Kier molecular flexibility index (Phi) is 5.89. The number of aromatic hydroxyl groups is 1. The summed E-state index contributed by atoms with van der Waals surface area (Å²) in [6.45, 7) is 3.57. The summed E-state index contributed by atoms with van der Waals surface area (Å²) in [6, 6.07) is 4.28. The van der Waals surface area contributed by atoms with Crippen LogP contribution in [0.25, 0.3) is 0 Å². The number of urea groups is 1. The van der Waals surface area contributed by atoms with Gasteiger partial charge in [-0.2, -0.15) is 0 Å². The maximum absolute atomic E-state index is 12.4. The van der Waals surface area contributed by atoms with Crippen molar-refractivity contribution < 1.29 is 23.1 Å². The molecule has 1 aromatic rings. The van der Waals surface area contributed by atoms with Crippen molar-refractivity contribution in [3.63, 3.8) is 0 Å². The molecule has 1 heterocycles. The Morgan fingerprint density at radius 1 is 1.28 bits per heavy atom. The first-order chi connectivity index (χ1) is 11.7. The molecule has 1 aliphatic heterocycles. The predicted molar refractivity (Wildman–Crippen MR) is 94.1 cm³/mol. The molecule has 2 rings (SSSR count). The molecule has 9 heteroatoms. The van der Waals surface area contributed by atoms with Crippen molar-refractivity contribution in [2.45, 2.75) is 32.4 Å². The monoisotopic (exact) mass is 369 g/mol. The number of benzene rings is 1. The quantitative estimate of drug-likeness (QED) is 0.612. The van der Waals surface area contributed by atoms with Crippen molar-refractivity contribution in [1.82, 2.24) is 10.6 Å². The number of phenolic OH excluding ortho intramolecular Hbond substituents is 1. The second-order valence-electron chi connectivity index (χ2n) is 6.48. The van der Waals surface area contributed by atoms with Gasteiger partial charge in [-0.25, -0.2) is 13.2 Å². The van der Waals surface area contributed by atoms with Crippen molar-refractivity contribution in [1.29, 1.82) is 0 Å². The molecule has 25 heavy (non-hydrogen) atoms. The minimum atomic E-state index is -3.09. The first kappa shape index (κ1) is 19.0. The largest absolute Gasteiger partial charge is 0.508 e. The summed E-state index contributed by atoms with van der Waals surface area (Å²) >= 11 is 0. The van der Waals surface area contributed by atoms with Gasteiger partial charge in [0.05, 0.1) is 11.5 Å². The van der Waals surface area contributed by atoms with E-state index in [0.717, 1.165) is 0 Å². The third-order valence-corrected chi connectivity index (χ3v) is 5.69. The molecule has 0 bridgehead atoms. The maximum atomic E-state index is 12.4. The van der Waals surface area contributed by atoms with Crippen LogP contribution in [0.5, 0.6) is 5.75 Å². The van der Waals surface area contributed by atoms with E-state index in [1.807, 2.05) is 0 Å². The maximum Gasteiger partial charge on any atom is 0.315 e. The molecule has 0 aliphatic carbocycles. The first-order valence-electron chi connectivity index (χ1n) is 8.03. The predicted octanol–water partition coefficient (Wildman–Crippen LogP) is 0.842. The van der Waals surface area contributed by atoms with Gasteiger partial charge in [-0.15, -0.1) is 0 Å². The Hall–Kier alpha value is -2.29. The highest BCUT2D eigenvalue weighted by Crippen LogP contribution is 2.16. The van der Waals surface area contributed by atoms with Gasteiger partial charge in [-0.05, 0) is 24.5 Å². The van der Waals surface area contributed by atoms with Gasteiger partial charge in [0.2, 0.25) is 5.91 Å². The van der Waals surface area contributed by atoms with E-state index in [0.29, 0.717) is 12.1 Å². The molecule has 1 fully saturated rings. The molecular weight excluding hydrogens is 346 g/mol. The molecule has 4 N–H and O–H groups in total. The average Bonchev–Trinajstić information content (AvgIpc) is 2.83. The zero-order chi connectivity index (χ0) is 18.6. The van der Waals surface area contributed by atoms with Crippen LogP contribution in [-0.2, 0) is 14.6 Å². The minimum absolute atomic E-state index is 0.0204. The fourth-order valence-corrected chi connectivity index (χ4v) is 4.29. The van der Waals surface area contributed by atoms with Crippen LogP contribution in [0, 0.1) is 5.92 Å². The van der Waals surface area contributed by atoms with E-state index < -0.39 is 33.9 Å². The number of phenols is 1. The lowest BCUT2D eigenvalue weighted by atomic mass is 10.0. The number of nitrogens with one attached hydrogen (secondary N) is 3. The highest BCUT2D eigenvalue weighted by Gasteiger charge is 2.30. The Morgan fingerprint density at radius 3 is 2.56 bits per heavy atom. The van der Waals surface area contributed by atoms with Gasteiger partial charge < -0.3 is 21.1 Å². The molecule has 1 unspecified atom stereocenters. The average molecular weight is 369 g/mol. The van der Waals surface area contributed by atoms with Crippen molar-refractivity contribution in [3.8, 4) is 5.75 Å². The lowest BCUT2D eigenvalue weighted by Crippen LogP contribution is -2.52. The molecule has 1 saturated heterocycles. The number of amides is 3. The van der Waals surface area contributed by atoms with E-state index in [-0.39, 0.29) is 23.2 Å². The summed E-state index contributed by atoms with van der Waals surface area (Å²) in [5.74, 6) is -0.608. The molecule has 138 valence electrons. The lowest BCUT2D eigenvalue weighted by Gasteiger charge is -2.23. The van der Waals surface area contributed by atoms with Crippen molar-refractivity contribution in [3.05, 3.63) is 24.3 Å². The Bertz CT molecular complexity index is 748. The van der Waals surface area contributed by atoms with Crippen LogP contribution in [0.1, 0.15) is 20.3 Å². The number of anilines is 1. The first-order valence-corrected chi connectivity index (χ1v) is 9.86. The number of carbonyl (C=O) groups excluding carboxylic acids is 2. The second kappa shape index (κ2) is 7.73. The number of hydrogen-bond donors (Lipinski definition) is 4. The van der Waals surface area contributed by atoms with E-state index in [1.54, 1.807) is 26.0 Å². The molecular formula is C16H23N3O5S. The third-order valence-electron chi connectivity index (χ3n) is 3.92. The summed E-state index contributed by atoms with van der Waals surface area (Å²) < 4.78 is 22.9. The zero-order valence-corrected chi connectivity index (χ0v) is 15.0. The Balaban J connectivity index is 1.95. The van der Waals surface area contributed by atoms with E-state index in [1.165, 1.54) is 12.1 Å². The van der Waals surface area contributed by atoms with Crippen LogP contribution in [0.3, 0.4) is 0 Å².